The van der Waals surface area contributed by atoms with Crippen LogP contribution in [-0.4, -0.2) is 24.2 Å². The standard InChI is InChI=1S/C13H16Cl2N2O3/c1-8(9-2-4-20-5-3-9)16-13-11(14)6-10(17(18)19)7-12(13)15/h6-9,16H,2-5H2,1H3. The van der Waals surface area contributed by atoms with Crippen LogP contribution in [0.15, 0.2) is 12.1 Å². The number of rotatable bonds is 4. The summed E-state index contributed by atoms with van der Waals surface area (Å²) in [6.07, 6.45) is 1.97. The molecule has 1 fully saturated rings. The zero-order valence-corrected chi connectivity index (χ0v) is 12.6. The van der Waals surface area contributed by atoms with Crippen molar-refractivity contribution in [3.8, 4) is 0 Å². The van der Waals surface area contributed by atoms with Crippen LogP contribution < -0.4 is 5.32 Å². The van der Waals surface area contributed by atoms with E-state index in [1.807, 2.05) is 0 Å². The van der Waals surface area contributed by atoms with E-state index in [-0.39, 0.29) is 21.8 Å². The van der Waals surface area contributed by atoms with Crippen molar-refractivity contribution in [1.82, 2.24) is 0 Å². The first kappa shape index (κ1) is 15.4. The quantitative estimate of drug-likeness (QED) is 0.669. The van der Waals surface area contributed by atoms with E-state index in [1.54, 1.807) is 0 Å². The van der Waals surface area contributed by atoms with Gasteiger partial charge >= 0.3 is 0 Å². The van der Waals surface area contributed by atoms with Crippen molar-refractivity contribution in [1.29, 1.82) is 0 Å². The fourth-order valence-electron chi connectivity index (χ4n) is 2.36. The number of nitro benzene ring substituents is 1. The normalized spacial score (nSPS) is 17.8. The van der Waals surface area contributed by atoms with Crippen molar-refractivity contribution < 1.29 is 9.66 Å². The van der Waals surface area contributed by atoms with Crippen LogP contribution in [0.4, 0.5) is 11.4 Å². The minimum atomic E-state index is -0.510. The van der Waals surface area contributed by atoms with Gasteiger partial charge in [0.25, 0.3) is 5.69 Å². The summed E-state index contributed by atoms with van der Waals surface area (Å²) in [5.41, 5.74) is 0.446. The average molecular weight is 319 g/mol. The highest BCUT2D eigenvalue weighted by molar-refractivity contribution is 6.39. The molecule has 2 rings (SSSR count). The second-order valence-corrected chi connectivity index (χ2v) is 5.74. The van der Waals surface area contributed by atoms with Crippen molar-refractivity contribution in [3.05, 3.63) is 32.3 Å². The lowest BCUT2D eigenvalue weighted by Gasteiger charge is -2.29. The van der Waals surface area contributed by atoms with Crippen LogP contribution in [0.25, 0.3) is 0 Å². The van der Waals surface area contributed by atoms with Gasteiger partial charge in [-0.3, -0.25) is 10.1 Å². The van der Waals surface area contributed by atoms with Gasteiger partial charge in [-0.2, -0.15) is 0 Å². The first-order chi connectivity index (χ1) is 9.49. The number of hydrogen-bond acceptors (Lipinski definition) is 4. The number of nitrogens with zero attached hydrogens (tertiary/aromatic N) is 1. The van der Waals surface area contributed by atoms with Gasteiger partial charge in [-0.25, -0.2) is 0 Å². The van der Waals surface area contributed by atoms with Crippen LogP contribution in [0.5, 0.6) is 0 Å². The Kier molecular flexibility index (Phi) is 5.07. The Balaban J connectivity index is 2.14. The highest BCUT2D eigenvalue weighted by Gasteiger charge is 2.23. The predicted molar refractivity (Wildman–Crippen MR) is 79.7 cm³/mol. The Labute approximate surface area is 127 Å². The highest BCUT2D eigenvalue weighted by atomic mass is 35.5. The number of nitrogens with one attached hydrogen (secondary N) is 1. The van der Waals surface area contributed by atoms with Crippen LogP contribution in [0.1, 0.15) is 19.8 Å². The molecule has 110 valence electrons. The molecule has 0 radical (unpaired) electrons. The Bertz CT molecular complexity index is 481. The Morgan fingerprint density at radius 1 is 1.35 bits per heavy atom. The third-order valence-electron chi connectivity index (χ3n) is 3.58. The van der Waals surface area contributed by atoms with Gasteiger partial charge in [-0.1, -0.05) is 23.2 Å². The smallest absolute Gasteiger partial charge is 0.272 e. The summed E-state index contributed by atoms with van der Waals surface area (Å²) in [5, 5.41) is 14.5. The first-order valence-corrected chi connectivity index (χ1v) is 7.22. The summed E-state index contributed by atoms with van der Waals surface area (Å²) in [5.74, 6) is 0.478. The molecule has 0 aromatic heterocycles. The maximum Gasteiger partial charge on any atom is 0.272 e. The number of halogens is 2. The van der Waals surface area contributed by atoms with Gasteiger partial charge in [-0.05, 0) is 25.7 Å². The summed E-state index contributed by atoms with van der Waals surface area (Å²) < 4.78 is 5.33. The minimum absolute atomic E-state index is 0.107. The number of nitro groups is 1. The number of non-ortho nitro benzene ring substituents is 1. The van der Waals surface area contributed by atoms with Gasteiger partial charge in [0.05, 0.1) is 20.7 Å². The molecule has 0 saturated carbocycles. The van der Waals surface area contributed by atoms with Gasteiger partial charge in [0.1, 0.15) is 0 Å². The van der Waals surface area contributed by atoms with Gasteiger partial charge in [0, 0.05) is 31.4 Å². The van der Waals surface area contributed by atoms with Crippen LogP contribution in [-0.2, 0) is 4.74 Å². The third-order valence-corrected chi connectivity index (χ3v) is 4.18. The molecule has 1 saturated heterocycles. The zero-order chi connectivity index (χ0) is 14.7. The molecule has 1 unspecified atom stereocenters. The molecule has 7 heteroatoms. The first-order valence-electron chi connectivity index (χ1n) is 6.46. The molecular weight excluding hydrogens is 303 g/mol. The van der Waals surface area contributed by atoms with E-state index in [1.165, 1.54) is 12.1 Å². The molecular formula is C13H16Cl2N2O3. The van der Waals surface area contributed by atoms with E-state index in [2.05, 4.69) is 12.2 Å². The van der Waals surface area contributed by atoms with Gasteiger partial charge in [0.15, 0.2) is 0 Å². The molecule has 0 aliphatic carbocycles. The lowest BCUT2D eigenvalue weighted by molar-refractivity contribution is -0.384. The fraction of sp³-hybridized carbons (Fsp3) is 0.538. The van der Waals surface area contributed by atoms with Gasteiger partial charge in [0.2, 0.25) is 0 Å². The maximum atomic E-state index is 10.7. The molecule has 20 heavy (non-hydrogen) atoms. The predicted octanol–water partition coefficient (Wildman–Crippen LogP) is 4.13. The fourth-order valence-corrected chi connectivity index (χ4v) is 2.95. The van der Waals surface area contributed by atoms with Crippen molar-refractivity contribution in [2.75, 3.05) is 18.5 Å². The largest absolute Gasteiger partial charge is 0.381 e. The van der Waals surface area contributed by atoms with E-state index < -0.39 is 4.92 Å². The Morgan fingerprint density at radius 3 is 2.40 bits per heavy atom. The molecule has 1 aromatic rings. The minimum Gasteiger partial charge on any atom is -0.381 e. The summed E-state index contributed by atoms with van der Waals surface area (Å²) in [6.45, 7) is 3.58. The molecule has 0 amide bonds. The average Bonchev–Trinajstić information content (AvgIpc) is 2.43. The van der Waals surface area contributed by atoms with E-state index in [0.29, 0.717) is 11.6 Å². The molecule has 0 bridgehead atoms. The summed E-state index contributed by atoms with van der Waals surface area (Å²) in [7, 11) is 0. The zero-order valence-electron chi connectivity index (χ0n) is 11.1. The molecule has 1 aromatic carbocycles. The van der Waals surface area contributed by atoms with E-state index >= 15 is 0 Å². The van der Waals surface area contributed by atoms with Gasteiger partial charge in [-0.15, -0.1) is 0 Å². The molecule has 0 spiro atoms. The Morgan fingerprint density at radius 2 is 1.90 bits per heavy atom. The van der Waals surface area contributed by atoms with Crippen molar-refractivity contribution >= 4 is 34.6 Å². The summed E-state index contributed by atoms with van der Waals surface area (Å²) >= 11 is 12.2. The summed E-state index contributed by atoms with van der Waals surface area (Å²) in [6, 6.07) is 2.80. The highest BCUT2D eigenvalue weighted by Crippen LogP contribution is 2.36. The van der Waals surface area contributed by atoms with Crippen molar-refractivity contribution in [2.24, 2.45) is 5.92 Å². The SMILES string of the molecule is CC(Nc1c(Cl)cc([N+](=O)[O-])cc1Cl)C1CCOCC1. The number of benzene rings is 1. The van der Waals surface area contributed by atoms with Crippen LogP contribution in [0.2, 0.25) is 10.0 Å². The van der Waals surface area contributed by atoms with Crippen LogP contribution in [0, 0.1) is 16.0 Å². The van der Waals surface area contributed by atoms with E-state index in [9.17, 15) is 10.1 Å². The molecule has 5 nitrogen and oxygen atoms in total. The molecule has 1 aliphatic heterocycles. The van der Waals surface area contributed by atoms with Gasteiger partial charge < -0.3 is 10.1 Å². The maximum absolute atomic E-state index is 10.7. The number of hydrogen-bond donors (Lipinski definition) is 1. The van der Waals surface area contributed by atoms with Crippen molar-refractivity contribution in [2.45, 2.75) is 25.8 Å². The molecule has 1 heterocycles. The number of ether oxygens (including phenoxy) is 1. The number of anilines is 1. The van der Waals surface area contributed by atoms with E-state index in [4.69, 9.17) is 27.9 Å². The monoisotopic (exact) mass is 318 g/mol. The lowest BCUT2D eigenvalue weighted by Crippen LogP contribution is -2.31. The molecule has 1 N–H and O–H groups in total. The van der Waals surface area contributed by atoms with Crippen LogP contribution in [0.3, 0.4) is 0 Å². The second-order valence-electron chi connectivity index (χ2n) is 4.92. The third kappa shape index (κ3) is 3.53. The second kappa shape index (κ2) is 6.61. The lowest BCUT2D eigenvalue weighted by atomic mass is 9.93. The molecule has 1 aliphatic rings. The Hall–Kier alpha value is -1.04. The topological polar surface area (TPSA) is 64.4 Å². The van der Waals surface area contributed by atoms with Crippen LogP contribution >= 0.6 is 23.2 Å². The molecule has 1 atom stereocenters. The van der Waals surface area contributed by atoms with E-state index in [0.717, 1.165) is 26.1 Å². The van der Waals surface area contributed by atoms with Crippen molar-refractivity contribution in [3.63, 3.8) is 0 Å². The summed E-state index contributed by atoms with van der Waals surface area (Å²) in [4.78, 5) is 10.2.